The maximum Gasteiger partial charge on any atom is 0.416 e. The Kier molecular flexibility index (Phi) is 5.80. The maximum atomic E-state index is 12.5. The Morgan fingerprint density at radius 1 is 1.29 bits per heavy atom. The minimum absolute atomic E-state index is 0.300. The Bertz CT molecular complexity index is 668. The third-order valence-electron chi connectivity index (χ3n) is 3.19. The molecule has 0 bridgehead atoms. The van der Waals surface area contributed by atoms with Crippen molar-refractivity contribution in [2.75, 3.05) is 6.61 Å². The molecule has 0 saturated carbocycles. The monoisotopic (exact) mass is 342 g/mol. The summed E-state index contributed by atoms with van der Waals surface area (Å²) in [5.74, 6) is 0. The summed E-state index contributed by atoms with van der Waals surface area (Å²) in [5.41, 5.74) is 7.77. The van der Waals surface area contributed by atoms with Crippen LogP contribution < -0.4 is 11.2 Å². The second-order valence-electron chi connectivity index (χ2n) is 5.15. The van der Waals surface area contributed by atoms with Crippen molar-refractivity contribution in [3.63, 3.8) is 0 Å². The van der Waals surface area contributed by atoms with Gasteiger partial charge in [0.15, 0.2) is 0 Å². The number of amides is 2. The molecule has 0 saturated heterocycles. The van der Waals surface area contributed by atoms with E-state index in [2.05, 4.69) is 4.98 Å². The average molecular weight is 342 g/mol. The number of carbonyl (C=O) groups excluding carboxylic acids is 1. The summed E-state index contributed by atoms with van der Waals surface area (Å²) in [4.78, 5) is 19.4. The zero-order chi connectivity index (χ0) is 17.6. The Hall–Kier alpha value is -2.55. The van der Waals surface area contributed by atoms with Gasteiger partial charge >= 0.3 is 12.2 Å². The molecule has 3 N–H and O–H groups in total. The Balaban J connectivity index is 1.82. The van der Waals surface area contributed by atoms with Crippen molar-refractivity contribution in [3.05, 3.63) is 53.6 Å². The van der Waals surface area contributed by atoms with Crippen LogP contribution in [0.5, 0.6) is 0 Å². The lowest BCUT2D eigenvalue weighted by atomic mass is 10.1. The maximum absolute atomic E-state index is 12.5. The number of nitrogens with two attached hydrogens (primary N) is 1. The second-order valence-corrected chi connectivity index (χ2v) is 5.15. The highest BCUT2D eigenvalue weighted by atomic mass is 19.4. The summed E-state index contributed by atoms with van der Waals surface area (Å²) in [7, 11) is 0. The molecule has 0 radical (unpaired) electrons. The standard InChI is InChI=1S/C15H17F3N4O2/c16-15(17,18)12-5-3-11(4-6-12)8-22-9-13(20-10-22)2-1-7-24-21-14(19)23/h3-6,9-10H,1-2,7-8H2,(H3,19,21,23). The number of halogens is 3. The summed E-state index contributed by atoms with van der Waals surface area (Å²) >= 11 is 0. The topological polar surface area (TPSA) is 82.2 Å². The third-order valence-corrected chi connectivity index (χ3v) is 3.19. The molecule has 2 aromatic rings. The van der Waals surface area contributed by atoms with E-state index in [9.17, 15) is 18.0 Å². The molecule has 0 aliphatic heterocycles. The molecule has 0 aliphatic rings. The number of primary amides is 1. The molecule has 1 aromatic carbocycles. The van der Waals surface area contributed by atoms with Crippen LogP contribution in [-0.4, -0.2) is 22.2 Å². The van der Waals surface area contributed by atoms with E-state index in [1.54, 1.807) is 10.9 Å². The van der Waals surface area contributed by atoms with Gasteiger partial charge in [-0.15, -0.1) is 0 Å². The van der Waals surface area contributed by atoms with Gasteiger partial charge < -0.3 is 10.3 Å². The van der Waals surface area contributed by atoms with Crippen LogP contribution in [-0.2, 0) is 24.0 Å². The molecule has 0 spiro atoms. The molecule has 2 rings (SSSR count). The van der Waals surface area contributed by atoms with Gasteiger partial charge in [-0.05, 0) is 30.5 Å². The van der Waals surface area contributed by atoms with Crippen LogP contribution in [0.15, 0.2) is 36.8 Å². The molecule has 9 heteroatoms. The van der Waals surface area contributed by atoms with Crippen LogP contribution in [0.3, 0.4) is 0 Å². The first-order valence-electron chi connectivity index (χ1n) is 7.18. The molecule has 130 valence electrons. The number of aryl methyl sites for hydroxylation is 1. The van der Waals surface area contributed by atoms with Gasteiger partial charge in [-0.1, -0.05) is 12.1 Å². The van der Waals surface area contributed by atoms with E-state index in [-0.39, 0.29) is 0 Å². The number of nitrogens with one attached hydrogen (secondary N) is 1. The summed E-state index contributed by atoms with van der Waals surface area (Å²) in [6.45, 7) is 0.736. The van der Waals surface area contributed by atoms with Gasteiger partial charge in [0.1, 0.15) is 0 Å². The lowest BCUT2D eigenvalue weighted by Crippen LogP contribution is -2.29. The first-order valence-corrected chi connectivity index (χ1v) is 7.18. The van der Waals surface area contributed by atoms with Crippen molar-refractivity contribution in [1.29, 1.82) is 0 Å². The number of alkyl halides is 3. The van der Waals surface area contributed by atoms with Gasteiger partial charge in [0.25, 0.3) is 0 Å². The van der Waals surface area contributed by atoms with Gasteiger partial charge in [0, 0.05) is 12.7 Å². The van der Waals surface area contributed by atoms with Crippen molar-refractivity contribution < 1.29 is 22.8 Å². The van der Waals surface area contributed by atoms with E-state index in [4.69, 9.17) is 10.6 Å². The molecular formula is C15H17F3N4O2. The fourth-order valence-corrected chi connectivity index (χ4v) is 2.08. The van der Waals surface area contributed by atoms with E-state index in [1.807, 2.05) is 11.7 Å². The third kappa shape index (κ3) is 5.58. The summed E-state index contributed by atoms with van der Waals surface area (Å²) in [6.07, 6.45) is 0.388. The number of hydrogen-bond acceptors (Lipinski definition) is 3. The fourth-order valence-electron chi connectivity index (χ4n) is 2.08. The van der Waals surface area contributed by atoms with Gasteiger partial charge in [-0.2, -0.15) is 13.2 Å². The average Bonchev–Trinajstić information content (AvgIpc) is 2.93. The summed E-state index contributed by atoms with van der Waals surface area (Å²) in [5, 5.41) is 0. The van der Waals surface area contributed by atoms with Crippen molar-refractivity contribution in [1.82, 2.24) is 15.0 Å². The number of hydrogen-bond donors (Lipinski definition) is 2. The number of nitrogens with zero attached hydrogens (tertiary/aromatic N) is 2. The van der Waals surface area contributed by atoms with E-state index >= 15 is 0 Å². The van der Waals surface area contributed by atoms with E-state index < -0.39 is 17.8 Å². The molecule has 24 heavy (non-hydrogen) atoms. The van der Waals surface area contributed by atoms with E-state index in [1.165, 1.54) is 12.1 Å². The van der Waals surface area contributed by atoms with Gasteiger partial charge in [-0.3, -0.25) is 4.84 Å². The molecule has 2 amide bonds. The summed E-state index contributed by atoms with van der Waals surface area (Å²) in [6, 6.07) is 4.28. The largest absolute Gasteiger partial charge is 0.416 e. The van der Waals surface area contributed by atoms with Crippen molar-refractivity contribution >= 4 is 6.03 Å². The molecular weight excluding hydrogens is 325 g/mol. The highest BCUT2D eigenvalue weighted by Crippen LogP contribution is 2.29. The van der Waals surface area contributed by atoms with Crippen LogP contribution in [0.25, 0.3) is 0 Å². The first-order chi connectivity index (χ1) is 11.3. The van der Waals surface area contributed by atoms with Crippen LogP contribution >= 0.6 is 0 Å². The number of hydroxylamine groups is 1. The van der Waals surface area contributed by atoms with Crippen molar-refractivity contribution in [3.8, 4) is 0 Å². The van der Waals surface area contributed by atoms with Crippen LogP contribution in [0, 0.1) is 0 Å². The highest BCUT2D eigenvalue weighted by Gasteiger charge is 2.29. The molecule has 0 fully saturated rings. The molecule has 0 aliphatic carbocycles. The molecule has 1 heterocycles. The highest BCUT2D eigenvalue weighted by molar-refractivity contribution is 5.70. The number of benzene rings is 1. The van der Waals surface area contributed by atoms with Gasteiger partial charge in [-0.25, -0.2) is 15.3 Å². The predicted octanol–water partition coefficient (Wildman–Crippen LogP) is 2.48. The number of urea groups is 1. The van der Waals surface area contributed by atoms with E-state index in [0.29, 0.717) is 26.0 Å². The quantitative estimate of drug-likeness (QED) is 0.599. The van der Waals surface area contributed by atoms with Gasteiger partial charge in [0.05, 0.1) is 24.2 Å². The fraction of sp³-hybridized carbons (Fsp3) is 0.333. The van der Waals surface area contributed by atoms with Crippen LogP contribution in [0.2, 0.25) is 0 Å². The lowest BCUT2D eigenvalue weighted by Gasteiger charge is -2.08. The molecule has 0 atom stereocenters. The van der Waals surface area contributed by atoms with Gasteiger partial charge in [0.2, 0.25) is 0 Å². The normalized spacial score (nSPS) is 11.5. The lowest BCUT2D eigenvalue weighted by molar-refractivity contribution is -0.137. The molecule has 1 aromatic heterocycles. The van der Waals surface area contributed by atoms with Crippen LogP contribution in [0.4, 0.5) is 18.0 Å². The first kappa shape index (κ1) is 17.8. The zero-order valence-electron chi connectivity index (χ0n) is 12.7. The van der Waals surface area contributed by atoms with Crippen LogP contribution in [0.1, 0.15) is 23.2 Å². The Morgan fingerprint density at radius 3 is 2.62 bits per heavy atom. The molecule has 0 unspecified atom stereocenters. The predicted molar refractivity (Wildman–Crippen MR) is 79.8 cm³/mol. The number of rotatable bonds is 7. The second kappa shape index (κ2) is 7.82. The summed E-state index contributed by atoms with van der Waals surface area (Å²) < 4.78 is 39.3. The minimum atomic E-state index is -4.33. The zero-order valence-corrected chi connectivity index (χ0v) is 12.7. The van der Waals surface area contributed by atoms with E-state index in [0.717, 1.165) is 23.4 Å². The Morgan fingerprint density at radius 2 is 2.00 bits per heavy atom. The Labute approximate surface area is 136 Å². The SMILES string of the molecule is NC(=O)NOCCCc1cn(Cc2ccc(C(F)(F)F)cc2)cn1. The smallest absolute Gasteiger partial charge is 0.350 e. The number of imidazole rings is 1. The van der Waals surface area contributed by atoms with Crippen molar-refractivity contribution in [2.45, 2.75) is 25.6 Å². The number of aromatic nitrogens is 2. The van der Waals surface area contributed by atoms with Crippen molar-refractivity contribution in [2.24, 2.45) is 5.73 Å². The molecule has 6 nitrogen and oxygen atoms in total. The number of carbonyl (C=O) groups is 1. The minimum Gasteiger partial charge on any atom is -0.350 e.